The van der Waals surface area contributed by atoms with Crippen molar-refractivity contribution in [2.24, 2.45) is 0 Å². The van der Waals surface area contributed by atoms with Crippen molar-refractivity contribution in [3.8, 4) is 0 Å². The molecule has 0 unspecified atom stereocenters. The van der Waals surface area contributed by atoms with Crippen LogP contribution in [0, 0.1) is 5.82 Å². The number of carbonyl (C=O) groups excluding carboxylic acids is 1. The van der Waals surface area contributed by atoms with Crippen molar-refractivity contribution in [3.05, 3.63) is 34.6 Å². The van der Waals surface area contributed by atoms with Crippen molar-refractivity contribution in [2.45, 2.75) is 31.2 Å². The molecule has 1 aliphatic rings. The quantitative estimate of drug-likeness (QED) is 0.840. The van der Waals surface area contributed by atoms with Gasteiger partial charge in [0, 0.05) is 21.5 Å². The van der Waals surface area contributed by atoms with Gasteiger partial charge in [0.05, 0.1) is 6.42 Å². The Hall–Kier alpha value is -0.610. The van der Waals surface area contributed by atoms with E-state index >= 15 is 0 Å². The lowest BCUT2D eigenvalue weighted by molar-refractivity contribution is -0.123. The van der Waals surface area contributed by atoms with Crippen molar-refractivity contribution in [3.63, 3.8) is 0 Å². The Labute approximate surface area is 119 Å². The Morgan fingerprint density at radius 1 is 1.50 bits per heavy atom. The minimum absolute atomic E-state index is 0.0136. The SMILES string of the molecule is O=C(Cc1c(F)cccc1Cl)NC1(CBr)CCC1. The van der Waals surface area contributed by atoms with E-state index in [4.69, 9.17) is 11.6 Å². The zero-order chi connectivity index (χ0) is 13.2. The van der Waals surface area contributed by atoms with E-state index in [1.165, 1.54) is 12.1 Å². The zero-order valence-electron chi connectivity index (χ0n) is 9.81. The second kappa shape index (κ2) is 5.57. The van der Waals surface area contributed by atoms with Crippen molar-refractivity contribution < 1.29 is 9.18 Å². The van der Waals surface area contributed by atoms with Gasteiger partial charge in [-0.1, -0.05) is 33.6 Å². The first-order valence-electron chi connectivity index (χ1n) is 5.86. The number of carbonyl (C=O) groups is 1. The van der Waals surface area contributed by atoms with Gasteiger partial charge in [0.15, 0.2) is 0 Å². The van der Waals surface area contributed by atoms with Gasteiger partial charge in [-0.2, -0.15) is 0 Å². The molecule has 1 saturated carbocycles. The number of hydrogen-bond acceptors (Lipinski definition) is 1. The highest BCUT2D eigenvalue weighted by molar-refractivity contribution is 9.09. The van der Waals surface area contributed by atoms with Gasteiger partial charge in [-0.25, -0.2) is 4.39 Å². The summed E-state index contributed by atoms with van der Waals surface area (Å²) < 4.78 is 13.5. The summed E-state index contributed by atoms with van der Waals surface area (Å²) in [6, 6.07) is 4.44. The third kappa shape index (κ3) is 2.86. The maximum absolute atomic E-state index is 13.5. The predicted molar refractivity (Wildman–Crippen MR) is 73.6 cm³/mol. The summed E-state index contributed by atoms with van der Waals surface area (Å²) in [4.78, 5) is 11.9. The summed E-state index contributed by atoms with van der Waals surface area (Å²) in [5.41, 5.74) is 0.121. The molecular weight excluding hydrogens is 321 g/mol. The number of halogens is 3. The first-order valence-corrected chi connectivity index (χ1v) is 7.36. The lowest BCUT2D eigenvalue weighted by Crippen LogP contribution is -2.55. The van der Waals surface area contributed by atoms with E-state index in [9.17, 15) is 9.18 Å². The van der Waals surface area contributed by atoms with Crippen LogP contribution in [0.3, 0.4) is 0 Å². The second-order valence-corrected chi connectivity index (χ2v) is 5.66. The van der Waals surface area contributed by atoms with E-state index in [1.807, 2.05) is 0 Å². The molecule has 1 aromatic carbocycles. The molecule has 0 spiro atoms. The first-order chi connectivity index (χ1) is 8.56. The average Bonchev–Trinajstić information content (AvgIpc) is 2.29. The van der Waals surface area contributed by atoms with Gasteiger partial charge in [0.25, 0.3) is 0 Å². The van der Waals surface area contributed by atoms with Crippen LogP contribution in [0.5, 0.6) is 0 Å². The molecule has 0 heterocycles. The van der Waals surface area contributed by atoms with E-state index in [1.54, 1.807) is 6.07 Å². The largest absolute Gasteiger partial charge is 0.350 e. The highest BCUT2D eigenvalue weighted by Gasteiger charge is 2.37. The van der Waals surface area contributed by atoms with Gasteiger partial charge in [-0.15, -0.1) is 0 Å². The highest BCUT2D eigenvalue weighted by atomic mass is 79.9. The van der Waals surface area contributed by atoms with Crippen LogP contribution in [0.15, 0.2) is 18.2 Å². The average molecular weight is 335 g/mol. The monoisotopic (exact) mass is 333 g/mol. The van der Waals surface area contributed by atoms with Crippen LogP contribution in [0.1, 0.15) is 24.8 Å². The minimum Gasteiger partial charge on any atom is -0.350 e. The third-order valence-corrected chi connectivity index (χ3v) is 4.80. The molecule has 0 atom stereocenters. The number of nitrogens with one attached hydrogen (secondary N) is 1. The Balaban J connectivity index is 2.03. The fourth-order valence-corrected chi connectivity index (χ4v) is 3.03. The molecule has 1 fully saturated rings. The normalized spacial score (nSPS) is 17.1. The minimum atomic E-state index is -0.431. The van der Waals surface area contributed by atoms with E-state index in [0.717, 1.165) is 24.6 Å². The summed E-state index contributed by atoms with van der Waals surface area (Å²) in [7, 11) is 0. The maximum Gasteiger partial charge on any atom is 0.225 e. The number of alkyl halides is 1. The van der Waals surface area contributed by atoms with Crippen LogP contribution < -0.4 is 5.32 Å². The van der Waals surface area contributed by atoms with Gasteiger partial charge in [-0.05, 0) is 31.4 Å². The van der Waals surface area contributed by atoms with Crippen molar-refractivity contribution >= 4 is 33.4 Å². The number of hydrogen-bond donors (Lipinski definition) is 1. The summed E-state index contributed by atoms with van der Waals surface area (Å²) in [6.07, 6.45) is 3.04. The Bertz CT molecular complexity index is 437. The van der Waals surface area contributed by atoms with Crippen LogP contribution in [-0.2, 0) is 11.2 Å². The zero-order valence-corrected chi connectivity index (χ0v) is 12.2. The fourth-order valence-electron chi connectivity index (χ4n) is 2.10. The molecule has 1 N–H and O–H groups in total. The Kier molecular flexibility index (Phi) is 4.28. The van der Waals surface area contributed by atoms with Crippen LogP contribution in [-0.4, -0.2) is 16.8 Å². The molecule has 1 amide bonds. The second-order valence-electron chi connectivity index (χ2n) is 4.69. The number of rotatable bonds is 4. The lowest BCUT2D eigenvalue weighted by Gasteiger charge is -2.41. The van der Waals surface area contributed by atoms with Crippen LogP contribution in [0.2, 0.25) is 5.02 Å². The molecule has 2 rings (SSSR count). The summed E-state index contributed by atoms with van der Waals surface area (Å²) in [5, 5.41) is 4.00. The first kappa shape index (κ1) is 13.8. The molecule has 0 bridgehead atoms. The van der Waals surface area contributed by atoms with Gasteiger partial charge >= 0.3 is 0 Å². The molecule has 0 saturated heterocycles. The van der Waals surface area contributed by atoms with Crippen molar-refractivity contribution in [1.82, 2.24) is 5.32 Å². The van der Waals surface area contributed by atoms with Crippen molar-refractivity contribution in [1.29, 1.82) is 0 Å². The Morgan fingerprint density at radius 2 is 2.22 bits per heavy atom. The van der Waals surface area contributed by atoms with Gasteiger partial charge < -0.3 is 5.32 Å². The molecule has 5 heteroatoms. The molecular formula is C13H14BrClFNO. The summed E-state index contributed by atoms with van der Waals surface area (Å²) in [6.45, 7) is 0. The van der Waals surface area contributed by atoms with Gasteiger partial charge in [-0.3, -0.25) is 4.79 Å². The van der Waals surface area contributed by atoms with Crippen molar-refractivity contribution in [2.75, 3.05) is 5.33 Å². The molecule has 18 heavy (non-hydrogen) atoms. The summed E-state index contributed by atoms with van der Waals surface area (Å²) in [5.74, 6) is -0.611. The topological polar surface area (TPSA) is 29.1 Å². The molecule has 1 aromatic rings. The molecule has 0 aliphatic heterocycles. The van der Waals surface area contributed by atoms with Crippen LogP contribution in [0.4, 0.5) is 4.39 Å². The highest BCUT2D eigenvalue weighted by Crippen LogP contribution is 2.33. The van der Waals surface area contributed by atoms with E-state index in [2.05, 4.69) is 21.2 Å². The number of benzene rings is 1. The van der Waals surface area contributed by atoms with Gasteiger partial charge in [0.1, 0.15) is 5.82 Å². The Morgan fingerprint density at radius 3 is 2.72 bits per heavy atom. The molecule has 98 valence electrons. The van der Waals surface area contributed by atoms with E-state index in [-0.39, 0.29) is 23.4 Å². The molecule has 1 aliphatic carbocycles. The molecule has 0 aromatic heterocycles. The maximum atomic E-state index is 13.5. The van der Waals surface area contributed by atoms with Crippen LogP contribution >= 0.6 is 27.5 Å². The van der Waals surface area contributed by atoms with Crippen LogP contribution in [0.25, 0.3) is 0 Å². The standard InChI is InChI=1S/C13H14BrClFNO/c14-8-13(5-2-6-13)17-12(18)7-9-10(15)3-1-4-11(9)16/h1,3-4H,2,5-8H2,(H,17,18). The smallest absolute Gasteiger partial charge is 0.225 e. The number of amides is 1. The van der Waals surface area contributed by atoms with E-state index in [0.29, 0.717) is 5.02 Å². The lowest BCUT2D eigenvalue weighted by atomic mass is 9.78. The fraction of sp³-hybridized carbons (Fsp3) is 0.462. The van der Waals surface area contributed by atoms with E-state index < -0.39 is 5.82 Å². The summed E-state index contributed by atoms with van der Waals surface area (Å²) >= 11 is 9.31. The predicted octanol–water partition coefficient (Wildman–Crippen LogP) is 3.46. The third-order valence-electron chi connectivity index (χ3n) is 3.37. The van der Waals surface area contributed by atoms with Gasteiger partial charge in [0.2, 0.25) is 5.91 Å². The molecule has 0 radical (unpaired) electrons. The molecule has 2 nitrogen and oxygen atoms in total.